The summed E-state index contributed by atoms with van der Waals surface area (Å²) in [6, 6.07) is 9.97. The Kier molecular flexibility index (Phi) is 3.32. The first-order chi connectivity index (χ1) is 9.21. The van der Waals surface area contributed by atoms with Gasteiger partial charge in [0, 0.05) is 24.1 Å². The summed E-state index contributed by atoms with van der Waals surface area (Å²) in [6.07, 6.45) is 1.81. The maximum absolute atomic E-state index is 10.7. The average molecular weight is 257 g/mol. The predicted octanol–water partition coefficient (Wildman–Crippen LogP) is 0.856. The van der Waals surface area contributed by atoms with E-state index in [0.29, 0.717) is 6.54 Å². The molecule has 1 unspecified atom stereocenters. The minimum Gasteiger partial charge on any atom is -0.395 e. The lowest BCUT2D eigenvalue weighted by Crippen LogP contribution is -2.63. The molecule has 2 N–H and O–H groups in total. The van der Waals surface area contributed by atoms with Crippen LogP contribution in [0.2, 0.25) is 0 Å². The van der Waals surface area contributed by atoms with Gasteiger partial charge in [-0.2, -0.15) is 0 Å². The smallest absolute Gasteiger partial charge is 0.141 e. The number of aliphatic hydroxyl groups is 2. The van der Waals surface area contributed by atoms with Gasteiger partial charge in [-0.1, -0.05) is 30.0 Å². The van der Waals surface area contributed by atoms with Crippen LogP contribution in [0.3, 0.4) is 0 Å². The van der Waals surface area contributed by atoms with Crippen LogP contribution in [0.5, 0.6) is 0 Å². The second-order valence-electron chi connectivity index (χ2n) is 5.57. The van der Waals surface area contributed by atoms with Gasteiger partial charge in [-0.3, -0.25) is 4.90 Å². The van der Waals surface area contributed by atoms with Crippen LogP contribution in [0.4, 0.5) is 0 Å². The van der Waals surface area contributed by atoms with Crippen molar-refractivity contribution < 1.29 is 10.2 Å². The van der Waals surface area contributed by atoms with Crippen LogP contribution < -0.4 is 0 Å². The summed E-state index contributed by atoms with van der Waals surface area (Å²) in [5.41, 5.74) is 0.0193. The molecule has 0 amide bonds. The number of piperidine rings is 3. The maximum atomic E-state index is 10.7. The van der Waals surface area contributed by atoms with Crippen LogP contribution in [0.1, 0.15) is 18.4 Å². The molecule has 3 heteroatoms. The largest absolute Gasteiger partial charge is 0.395 e. The summed E-state index contributed by atoms with van der Waals surface area (Å²) in [6.45, 7) is 1.70. The normalized spacial score (nSPS) is 36.6. The third kappa shape index (κ3) is 2.40. The number of hydrogen-bond acceptors (Lipinski definition) is 3. The number of benzene rings is 1. The highest BCUT2D eigenvalue weighted by Gasteiger charge is 2.48. The highest BCUT2D eigenvalue weighted by molar-refractivity contribution is 5.37. The number of nitrogens with zero attached hydrogens (tertiary/aromatic N) is 1. The van der Waals surface area contributed by atoms with Gasteiger partial charge < -0.3 is 10.2 Å². The molecule has 0 radical (unpaired) electrons. The third-order valence-electron chi connectivity index (χ3n) is 4.37. The van der Waals surface area contributed by atoms with Crippen LogP contribution >= 0.6 is 0 Å². The molecule has 3 aliphatic rings. The van der Waals surface area contributed by atoms with Gasteiger partial charge in [-0.05, 0) is 31.5 Å². The lowest BCUT2D eigenvalue weighted by atomic mass is 9.73. The fourth-order valence-electron chi connectivity index (χ4n) is 3.21. The van der Waals surface area contributed by atoms with E-state index in [9.17, 15) is 10.2 Å². The molecule has 19 heavy (non-hydrogen) atoms. The van der Waals surface area contributed by atoms with E-state index in [-0.39, 0.29) is 18.6 Å². The van der Waals surface area contributed by atoms with Gasteiger partial charge in [0.05, 0.1) is 6.61 Å². The first kappa shape index (κ1) is 12.7. The second-order valence-corrected chi connectivity index (χ2v) is 5.57. The summed E-state index contributed by atoms with van der Waals surface area (Å²) >= 11 is 0. The van der Waals surface area contributed by atoms with Gasteiger partial charge in [0.25, 0.3) is 0 Å². The molecule has 3 nitrogen and oxygen atoms in total. The molecule has 3 aliphatic heterocycles. The number of rotatable bonds is 1. The summed E-state index contributed by atoms with van der Waals surface area (Å²) in [4.78, 5) is 2.17. The molecule has 100 valence electrons. The monoisotopic (exact) mass is 257 g/mol. The van der Waals surface area contributed by atoms with Crippen LogP contribution in [-0.2, 0) is 0 Å². The Morgan fingerprint density at radius 2 is 2.11 bits per heavy atom. The zero-order valence-electron chi connectivity index (χ0n) is 10.9. The first-order valence-corrected chi connectivity index (χ1v) is 6.87. The van der Waals surface area contributed by atoms with Gasteiger partial charge in [0.2, 0.25) is 0 Å². The Labute approximate surface area is 113 Å². The molecule has 4 atom stereocenters. The molecule has 3 fully saturated rings. The Balaban J connectivity index is 1.80. The highest BCUT2D eigenvalue weighted by Crippen LogP contribution is 2.38. The fraction of sp³-hybridized carbons (Fsp3) is 0.500. The molecule has 0 spiro atoms. The van der Waals surface area contributed by atoms with Crippen molar-refractivity contribution >= 4 is 0 Å². The molecule has 0 aromatic heterocycles. The first-order valence-electron chi connectivity index (χ1n) is 6.87. The van der Waals surface area contributed by atoms with E-state index >= 15 is 0 Å². The Bertz CT molecular complexity index is 504. The molecule has 0 aliphatic carbocycles. The van der Waals surface area contributed by atoms with Crippen molar-refractivity contribution in [2.24, 2.45) is 5.92 Å². The summed E-state index contributed by atoms with van der Waals surface area (Å²) in [5.74, 6) is 6.34. The lowest BCUT2D eigenvalue weighted by Gasteiger charge is -2.51. The number of aliphatic hydroxyl groups excluding tert-OH is 1. The zero-order valence-corrected chi connectivity index (χ0v) is 10.9. The van der Waals surface area contributed by atoms with Crippen molar-refractivity contribution in [3.63, 3.8) is 0 Å². The fourth-order valence-corrected chi connectivity index (χ4v) is 3.21. The van der Waals surface area contributed by atoms with Gasteiger partial charge in [0.15, 0.2) is 0 Å². The topological polar surface area (TPSA) is 43.7 Å². The molecule has 1 aromatic rings. The summed E-state index contributed by atoms with van der Waals surface area (Å²) < 4.78 is 0. The van der Waals surface area contributed by atoms with Gasteiger partial charge in [-0.15, -0.1) is 0 Å². The van der Waals surface area contributed by atoms with E-state index in [1.807, 2.05) is 30.3 Å². The van der Waals surface area contributed by atoms with Crippen LogP contribution in [-0.4, -0.2) is 46.5 Å². The number of hydrogen-bond donors (Lipinski definition) is 2. The van der Waals surface area contributed by atoms with E-state index in [1.165, 1.54) is 0 Å². The van der Waals surface area contributed by atoms with Gasteiger partial charge in [-0.25, -0.2) is 0 Å². The quantitative estimate of drug-likeness (QED) is 0.733. The van der Waals surface area contributed by atoms with E-state index in [0.717, 1.165) is 24.9 Å². The third-order valence-corrected chi connectivity index (χ3v) is 4.37. The SMILES string of the molecule is OC[C@H]1C[C@@H]2CCN1C[C@]2(O)C#Cc1ccccc1. The average Bonchev–Trinajstić information content (AvgIpc) is 2.47. The van der Waals surface area contributed by atoms with Crippen molar-refractivity contribution in [1.29, 1.82) is 0 Å². The highest BCUT2D eigenvalue weighted by atomic mass is 16.3. The lowest BCUT2D eigenvalue weighted by molar-refractivity contribution is -0.106. The predicted molar refractivity (Wildman–Crippen MR) is 73.4 cm³/mol. The molecule has 4 rings (SSSR count). The molecular formula is C16H19NO2. The number of fused-ring (bicyclic) bond motifs is 3. The molecule has 3 heterocycles. The standard InChI is InChI=1S/C16H19NO2/c18-11-15-10-14-7-9-17(15)12-16(14,19)8-6-13-4-2-1-3-5-13/h1-5,14-15,18-19H,7,9-12H2/t14-,15+,16+/m0/s1. The summed E-state index contributed by atoms with van der Waals surface area (Å²) in [5, 5.41) is 20.1. The van der Waals surface area contributed by atoms with Crippen molar-refractivity contribution in [3.05, 3.63) is 35.9 Å². The van der Waals surface area contributed by atoms with Gasteiger partial charge >= 0.3 is 0 Å². The van der Waals surface area contributed by atoms with E-state index < -0.39 is 5.60 Å². The van der Waals surface area contributed by atoms with Crippen LogP contribution in [0.15, 0.2) is 30.3 Å². The Morgan fingerprint density at radius 3 is 2.74 bits per heavy atom. The van der Waals surface area contributed by atoms with Crippen molar-refractivity contribution in [3.8, 4) is 11.8 Å². The van der Waals surface area contributed by atoms with Crippen LogP contribution in [0, 0.1) is 17.8 Å². The second kappa shape index (κ2) is 4.97. The maximum Gasteiger partial charge on any atom is 0.141 e. The van der Waals surface area contributed by atoms with Gasteiger partial charge in [0.1, 0.15) is 5.60 Å². The van der Waals surface area contributed by atoms with E-state index in [2.05, 4.69) is 16.7 Å². The van der Waals surface area contributed by atoms with E-state index in [1.54, 1.807) is 0 Å². The summed E-state index contributed by atoms with van der Waals surface area (Å²) in [7, 11) is 0. The zero-order chi connectivity index (χ0) is 13.3. The van der Waals surface area contributed by atoms with Crippen LogP contribution in [0.25, 0.3) is 0 Å². The minimum absolute atomic E-state index is 0.179. The Hall–Kier alpha value is -1.34. The van der Waals surface area contributed by atoms with Crippen molar-refractivity contribution in [2.75, 3.05) is 19.7 Å². The molecule has 2 bridgehead atoms. The Morgan fingerprint density at radius 1 is 1.32 bits per heavy atom. The van der Waals surface area contributed by atoms with Crippen molar-refractivity contribution in [1.82, 2.24) is 4.90 Å². The minimum atomic E-state index is -0.917. The van der Waals surface area contributed by atoms with E-state index in [4.69, 9.17) is 0 Å². The molecule has 3 saturated heterocycles. The molecular weight excluding hydrogens is 238 g/mol. The molecule has 0 saturated carbocycles. The van der Waals surface area contributed by atoms with Crippen molar-refractivity contribution in [2.45, 2.75) is 24.5 Å². The molecule has 1 aromatic carbocycles.